The molecule has 1 aliphatic heterocycles. The van der Waals surface area contributed by atoms with Crippen molar-refractivity contribution in [3.05, 3.63) is 29.6 Å². The molecule has 0 fully saturated rings. The molecular formula is C17H26FN3O. The van der Waals surface area contributed by atoms with E-state index >= 15 is 0 Å². The molecule has 1 aromatic carbocycles. The van der Waals surface area contributed by atoms with Gasteiger partial charge in [-0.2, -0.15) is 0 Å². The minimum absolute atomic E-state index is 0.195. The predicted octanol–water partition coefficient (Wildman–Crippen LogP) is 3.08. The van der Waals surface area contributed by atoms with Gasteiger partial charge in [0.1, 0.15) is 11.9 Å². The number of nitrogens with two attached hydrogens (primary N) is 1. The summed E-state index contributed by atoms with van der Waals surface area (Å²) in [7, 11) is 0. The molecule has 0 aromatic heterocycles. The second-order valence-corrected chi connectivity index (χ2v) is 6.80. The number of amides is 1. The lowest BCUT2D eigenvalue weighted by Crippen LogP contribution is -2.59. The number of carbonyl (C=O) groups excluding carboxylic acids is 1. The van der Waals surface area contributed by atoms with E-state index in [2.05, 4.69) is 31.1 Å². The van der Waals surface area contributed by atoms with Gasteiger partial charge >= 0.3 is 0 Å². The maximum absolute atomic E-state index is 13.6. The third-order valence-corrected chi connectivity index (χ3v) is 4.56. The molecule has 5 heteroatoms. The third kappa shape index (κ3) is 2.95. The number of anilines is 1. The lowest BCUT2D eigenvalue weighted by atomic mass is 9.78. The van der Waals surface area contributed by atoms with Crippen LogP contribution in [0.25, 0.3) is 0 Å². The smallest absolute Gasteiger partial charge is 0.256 e. The fourth-order valence-electron chi connectivity index (χ4n) is 3.76. The fraction of sp³-hybridized carbons (Fsp3) is 0.588. The first-order chi connectivity index (χ1) is 10.3. The van der Waals surface area contributed by atoms with Crippen molar-refractivity contribution in [1.29, 1.82) is 0 Å². The maximum atomic E-state index is 13.6. The van der Waals surface area contributed by atoms with Gasteiger partial charge in [0.2, 0.25) is 0 Å². The van der Waals surface area contributed by atoms with Gasteiger partial charge in [-0.3, -0.25) is 10.2 Å². The van der Waals surface area contributed by atoms with E-state index in [1.165, 1.54) is 6.07 Å². The van der Waals surface area contributed by atoms with Crippen LogP contribution in [0.3, 0.4) is 0 Å². The van der Waals surface area contributed by atoms with Crippen LogP contribution >= 0.6 is 0 Å². The Kier molecular flexibility index (Phi) is 4.75. The van der Waals surface area contributed by atoms with E-state index in [1.807, 2.05) is 6.92 Å². The first-order valence-corrected chi connectivity index (χ1v) is 7.91. The Labute approximate surface area is 131 Å². The normalized spacial score (nSPS) is 21.2. The highest BCUT2D eigenvalue weighted by Gasteiger charge is 2.42. The van der Waals surface area contributed by atoms with Gasteiger partial charge in [-0.05, 0) is 56.4 Å². The highest BCUT2D eigenvalue weighted by molar-refractivity contribution is 5.86. The van der Waals surface area contributed by atoms with Crippen LogP contribution in [0.15, 0.2) is 18.2 Å². The molecular weight excluding hydrogens is 281 g/mol. The van der Waals surface area contributed by atoms with Crippen molar-refractivity contribution in [2.24, 2.45) is 5.84 Å². The monoisotopic (exact) mass is 307 g/mol. The molecule has 0 unspecified atom stereocenters. The van der Waals surface area contributed by atoms with Crippen molar-refractivity contribution in [2.45, 2.75) is 64.5 Å². The molecule has 0 saturated heterocycles. The molecule has 1 heterocycles. The molecule has 0 bridgehead atoms. The average Bonchev–Trinajstić information content (AvgIpc) is 2.45. The van der Waals surface area contributed by atoms with E-state index < -0.39 is 0 Å². The summed E-state index contributed by atoms with van der Waals surface area (Å²) >= 11 is 0. The van der Waals surface area contributed by atoms with Gasteiger partial charge < -0.3 is 4.90 Å². The van der Waals surface area contributed by atoms with E-state index in [0.29, 0.717) is 6.42 Å². The lowest BCUT2D eigenvalue weighted by molar-refractivity contribution is -0.123. The number of carbonyl (C=O) groups is 1. The Morgan fingerprint density at radius 1 is 1.55 bits per heavy atom. The van der Waals surface area contributed by atoms with Gasteiger partial charge in [0, 0.05) is 11.2 Å². The molecule has 0 aliphatic carbocycles. The number of fused-ring (bicyclic) bond motifs is 1. The third-order valence-electron chi connectivity index (χ3n) is 4.56. The van der Waals surface area contributed by atoms with Crippen molar-refractivity contribution in [3.63, 3.8) is 0 Å². The molecule has 2 rings (SSSR count). The standard InChI is InChI=1S/C17H26FN3O/c1-5-6-15(16(22)20-19)21-14-8-7-12(18)9-13(14)11(2)10-17(21,3)4/h7-9,11,15H,5-6,10,19H2,1-4H3,(H,20,22)/t11-,15-/m1/s1. The molecule has 22 heavy (non-hydrogen) atoms. The van der Waals surface area contributed by atoms with Crippen LogP contribution in [0.4, 0.5) is 10.1 Å². The van der Waals surface area contributed by atoms with Crippen molar-refractivity contribution in [3.8, 4) is 0 Å². The summed E-state index contributed by atoms with van der Waals surface area (Å²) in [6.07, 6.45) is 2.44. The molecule has 0 radical (unpaired) electrons. The predicted molar refractivity (Wildman–Crippen MR) is 87.0 cm³/mol. The number of halogens is 1. The van der Waals surface area contributed by atoms with Crippen molar-refractivity contribution in [1.82, 2.24) is 5.43 Å². The van der Waals surface area contributed by atoms with Gasteiger partial charge in [0.25, 0.3) is 5.91 Å². The van der Waals surface area contributed by atoms with Crippen LogP contribution in [-0.2, 0) is 4.79 Å². The van der Waals surface area contributed by atoms with Crippen molar-refractivity contribution < 1.29 is 9.18 Å². The summed E-state index contributed by atoms with van der Waals surface area (Å²) in [4.78, 5) is 14.4. The zero-order valence-electron chi connectivity index (χ0n) is 13.8. The maximum Gasteiger partial charge on any atom is 0.256 e. The SMILES string of the molecule is CCC[C@H](C(=O)NN)N1c2ccc(F)cc2[C@H](C)CC1(C)C. The first kappa shape index (κ1) is 16.7. The molecule has 1 aromatic rings. The van der Waals surface area contributed by atoms with Gasteiger partial charge in [-0.15, -0.1) is 0 Å². The Hall–Kier alpha value is -1.62. The Morgan fingerprint density at radius 2 is 2.23 bits per heavy atom. The molecule has 0 spiro atoms. The second kappa shape index (κ2) is 6.24. The van der Waals surface area contributed by atoms with Crippen LogP contribution in [0.1, 0.15) is 58.4 Å². The van der Waals surface area contributed by atoms with E-state index in [-0.39, 0.29) is 29.2 Å². The molecule has 3 N–H and O–H groups in total. The Morgan fingerprint density at radius 3 is 2.82 bits per heavy atom. The van der Waals surface area contributed by atoms with E-state index in [1.54, 1.807) is 12.1 Å². The van der Waals surface area contributed by atoms with Crippen molar-refractivity contribution >= 4 is 11.6 Å². The summed E-state index contributed by atoms with van der Waals surface area (Å²) in [5.41, 5.74) is 3.99. The van der Waals surface area contributed by atoms with Crippen LogP contribution in [0, 0.1) is 5.82 Å². The number of hydrazine groups is 1. The minimum atomic E-state index is -0.346. The summed E-state index contributed by atoms with van der Waals surface area (Å²) < 4.78 is 13.6. The van der Waals surface area contributed by atoms with E-state index in [4.69, 9.17) is 5.84 Å². The molecule has 1 amide bonds. The summed E-state index contributed by atoms with van der Waals surface area (Å²) in [5, 5.41) is 0. The van der Waals surface area contributed by atoms with E-state index in [9.17, 15) is 9.18 Å². The van der Waals surface area contributed by atoms with Gasteiger partial charge in [-0.25, -0.2) is 10.2 Å². The topological polar surface area (TPSA) is 58.4 Å². The lowest BCUT2D eigenvalue weighted by Gasteiger charge is -2.50. The number of rotatable bonds is 4. The molecule has 0 saturated carbocycles. The number of nitrogens with one attached hydrogen (secondary N) is 1. The zero-order chi connectivity index (χ0) is 16.5. The second-order valence-electron chi connectivity index (χ2n) is 6.80. The van der Waals surface area contributed by atoms with Gasteiger partial charge in [0.15, 0.2) is 0 Å². The number of benzene rings is 1. The molecule has 2 atom stereocenters. The van der Waals surface area contributed by atoms with Crippen LogP contribution in [0.5, 0.6) is 0 Å². The molecule has 122 valence electrons. The molecule has 4 nitrogen and oxygen atoms in total. The van der Waals surface area contributed by atoms with Crippen LogP contribution in [0.2, 0.25) is 0 Å². The Bertz CT molecular complexity index is 559. The van der Waals surface area contributed by atoms with E-state index in [0.717, 1.165) is 24.1 Å². The number of hydrogen-bond acceptors (Lipinski definition) is 3. The number of hydrogen-bond donors (Lipinski definition) is 2. The zero-order valence-corrected chi connectivity index (χ0v) is 13.8. The largest absolute Gasteiger partial charge is 0.354 e. The fourth-order valence-corrected chi connectivity index (χ4v) is 3.76. The van der Waals surface area contributed by atoms with Gasteiger partial charge in [0.05, 0.1) is 0 Å². The number of nitrogens with zero attached hydrogens (tertiary/aromatic N) is 1. The average molecular weight is 307 g/mol. The molecule has 1 aliphatic rings. The van der Waals surface area contributed by atoms with Crippen molar-refractivity contribution in [2.75, 3.05) is 4.90 Å². The quantitative estimate of drug-likeness (QED) is 0.510. The highest BCUT2D eigenvalue weighted by Crippen LogP contribution is 2.45. The Balaban J connectivity index is 2.56. The van der Waals surface area contributed by atoms with Crippen LogP contribution in [-0.4, -0.2) is 17.5 Å². The highest BCUT2D eigenvalue weighted by atomic mass is 19.1. The van der Waals surface area contributed by atoms with Gasteiger partial charge in [-0.1, -0.05) is 20.3 Å². The summed E-state index contributed by atoms with van der Waals surface area (Å²) in [6, 6.07) is 4.49. The summed E-state index contributed by atoms with van der Waals surface area (Å²) in [6.45, 7) is 8.40. The first-order valence-electron chi connectivity index (χ1n) is 7.91. The minimum Gasteiger partial charge on any atom is -0.354 e. The summed E-state index contributed by atoms with van der Waals surface area (Å²) in [5.74, 6) is 5.20. The van der Waals surface area contributed by atoms with Crippen LogP contribution < -0.4 is 16.2 Å².